The summed E-state index contributed by atoms with van der Waals surface area (Å²) in [6.07, 6.45) is 0.227. The minimum absolute atomic E-state index is 0.0972. The summed E-state index contributed by atoms with van der Waals surface area (Å²) in [4.78, 5) is 31.2. The highest BCUT2D eigenvalue weighted by atomic mass is 19.1. The van der Waals surface area contributed by atoms with Crippen LogP contribution in [0.3, 0.4) is 0 Å². The molecule has 2 amide bonds. The lowest BCUT2D eigenvalue weighted by molar-refractivity contribution is 0.0655. The van der Waals surface area contributed by atoms with E-state index >= 15 is 0 Å². The second-order valence-corrected chi connectivity index (χ2v) is 8.23. The average Bonchev–Trinajstić information content (AvgIpc) is 3.32. The quantitative estimate of drug-likeness (QED) is 0.427. The molecule has 3 heterocycles. The van der Waals surface area contributed by atoms with Crippen LogP contribution >= 0.6 is 0 Å². The van der Waals surface area contributed by atoms with E-state index in [1.165, 1.54) is 23.1 Å². The van der Waals surface area contributed by atoms with Gasteiger partial charge in [0.25, 0.3) is 11.8 Å². The Balaban J connectivity index is 1.37. The van der Waals surface area contributed by atoms with Gasteiger partial charge in [-0.15, -0.1) is 10.2 Å². The Kier molecular flexibility index (Phi) is 4.84. The zero-order chi connectivity index (χ0) is 24.1. The molecule has 172 valence electrons. The first-order valence-corrected chi connectivity index (χ1v) is 11.0. The molecule has 0 aliphatic carbocycles. The Labute approximate surface area is 198 Å². The van der Waals surface area contributed by atoms with Crippen LogP contribution in [-0.2, 0) is 13.0 Å². The maximum atomic E-state index is 14.6. The van der Waals surface area contributed by atoms with Crippen LogP contribution in [-0.4, -0.2) is 43.7 Å². The Bertz CT molecular complexity index is 1520. The normalized spacial score (nSPS) is 14.3. The number of aliphatic imine (C=N–C) groups is 1. The van der Waals surface area contributed by atoms with Gasteiger partial charge in [0.15, 0.2) is 5.82 Å². The number of carbonyl (C=O) groups excluding carboxylic acids is 2. The number of aromatic nitrogens is 3. The molecule has 3 aromatic carbocycles. The van der Waals surface area contributed by atoms with Gasteiger partial charge in [0.1, 0.15) is 24.0 Å². The molecule has 0 spiro atoms. The van der Waals surface area contributed by atoms with E-state index in [4.69, 9.17) is 0 Å². The molecule has 6 rings (SSSR count). The highest BCUT2D eigenvalue weighted by Gasteiger charge is 2.35. The standard InChI is InChI=1S/C26H17F2N5O2/c27-15-9-10-21-19(13-15)24(18-7-3-4-8-20(18)28)29-14-23-31-30-22(33(21)23)11-12-32-25(34)16-5-1-2-6-17(16)26(32)35/h1-10,13H,11-12,14H2. The monoisotopic (exact) mass is 469 g/mol. The first-order valence-electron chi connectivity index (χ1n) is 11.0. The van der Waals surface area contributed by atoms with Gasteiger partial charge in [-0.25, -0.2) is 8.78 Å². The number of nitrogens with zero attached hydrogens (tertiary/aromatic N) is 5. The van der Waals surface area contributed by atoms with Crippen LogP contribution in [0, 0.1) is 11.6 Å². The van der Waals surface area contributed by atoms with Crippen molar-refractivity contribution in [1.82, 2.24) is 19.7 Å². The van der Waals surface area contributed by atoms with Crippen LogP contribution in [0.25, 0.3) is 5.69 Å². The molecular weight excluding hydrogens is 452 g/mol. The lowest BCUT2D eigenvalue weighted by atomic mass is 9.99. The van der Waals surface area contributed by atoms with Crippen LogP contribution in [0.15, 0.2) is 71.7 Å². The number of imide groups is 1. The second kappa shape index (κ2) is 8.05. The van der Waals surface area contributed by atoms with Crippen molar-refractivity contribution in [3.63, 3.8) is 0 Å². The van der Waals surface area contributed by atoms with E-state index < -0.39 is 11.6 Å². The molecule has 2 aliphatic rings. The molecule has 2 aliphatic heterocycles. The molecule has 0 N–H and O–H groups in total. The van der Waals surface area contributed by atoms with E-state index in [0.29, 0.717) is 39.7 Å². The lowest BCUT2D eigenvalue weighted by Gasteiger charge is -2.16. The third-order valence-electron chi connectivity index (χ3n) is 6.20. The van der Waals surface area contributed by atoms with Gasteiger partial charge in [0.2, 0.25) is 0 Å². The molecule has 1 aromatic heterocycles. The third-order valence-corrected chi connectivity index (χ3v) is 6.20. The molecule has 0 saturated heterocycles. The van der Waals surface area contributed by atoms with Crippen LogP contribution in [0.5, 0.6) is 0 Å². The Morgan fingerprint density at radius 3 is 2.20 bits per heavy atom. The highest BCUT2D eigenvalue weighted by Crippen LogP contribution is 2.28. The lowest BCUT2D eigenvalue weighted by Crippen LogP contribution is -2.32. The molecule has 0 bridgehead atoms. The van der Waals surface area contributed by atoms with Gasteiger partial charge in [-0.3, -0.25) is 24.0 Å². The van der Waals surface area contributed by atoms with Gasteiger partial charge >= 0.3 is 0 Å². The molecule has 0 atom stereocenters. The first-order chi connectivity index (χ1) is 17.0. The van der Waals surface area contributed by atoms with Crippen molar-refractivity contribution < 1.29 is 18.4 Å². The minimum Gasteiger partial charge on any atom is -0.281 e. The molecule has 7 nitrogen and oxygen atoms in total. The largest absolute Gasteiger partial charge is 0.281 e. The minimum atomic E-state index is -0.489. The molecule has 4 aromatic rings. The maximum Gasteiger partial charge on any atom is 0.261 e. The zero-order valence-corrected chi connectivity index (χ0v) is 18.3. The van der Waals surface area contributed by atoms with Gasteiger partial charge in [-0.1, -0.05) is 24.3 Å². The van der Waals surface area contributed by atoms with Crippen molar-refractivity contribution in [1.29, 1.82) is 0 Å². The number of halogens is 2. The van der Waals surface area contributed by atoms with Crippen molar-refractivity contribution in [3.8, 4) is 5.69 Å². The van der Waals surface area contributed by atoms with E-state index in [1.807, 2.05) is 0 Å². The number of rotatable bonds is 4. The Morgan fingerprint density at radius 2 is 1.49 bits per heavy atom. The van der Waals surface area contributed by atoms with Gasteiger partial charge in [-0.2, -0.15) is 0 Å². The number of amides is 2. The van der Waals surface area contributed by atoms with E-state index in [0.717, 1.165) is 0 Å². The van der Waals surface area contributed by atoms with Crippen molar-refractivity contribution in [3.05, 3.63) is 112 Å². The topological polar surface area (TPSA) is 80.5 Å². The number of hydrogen-bond acceptors (Lipinski definition) is 5. The van der Waals surface area contributed by atoms with Gasteiger partial charge < -0.3 is 0 Å². The maximum absolute atomic E-state index is 14.6. The fourth-order valence-corrected chi connectivity index (χ4v) is 4.56. The molecule has 9 heteroatoms. The molecule has 35 heavy (non-hydrogen) atoms. The van der Waals surface area contributed by atoms with Crippen molar-refractivity contribution >= 4 is 17.5 Å². The predicted molar refractivity (Wildman–Crippen MR) is 123 cm³/mol. The third kappa shape index (κ3) is 3.35. The van der Waals surface area contributed by atoms with E-state index in [2.05, 4.69) is 15.2 Å². The fraction of sp³-hybridized carbons (Fsp3) is 0.115. The summed E-state index contributed by atoms with van der Waals surface area (Å²) in [6.45, 7) is 0.196. The van der Waals surface area contributed by atoms with Gasteiger partial charge in [-0.05, 0) is 42.5 Å². The molecule has 0 fully saturated rings. The van der Waals surface area contributed by atoms with Crippen LogP contribution in [0.1, 0.15) is 43.5 Å². The van der Waals surface area contributed by atoms with E-state index in [9.17, 15) is 18.4 Å². The van der Waals surface area contributed by atoms with Crippen molar-refractivity contribution in [2.45, 2.75) is 13.0 Å². The second-order valence-electron chi connectivity index (χ2n) is 8.23. The summed E-state index contributed by atoms with van der Waals surface area (Å²) in [5.74, 6) is -0.694. The summed E-state index contributed by atoms with van der Waals surface area (Å²) in [5, 5.41) is 8.50. The summed E-state index contributed by atoms with van der Waals surface area (Å²) < 4.78 is 30.7. The number of fused-ring (bicyclic) bond motifs is 4. The summed E-state index contributed by atoms with van der Waals surface area (Å²) in [6, 6.07) is 17.1. The van der Waals surface area contributed by atoms with Gasteiger partial charge in [0, 0.05) is 24.1 Å². The number of carbonyl (C=O) groups is 2. The Morgan fingerprint density at radius 1 is 0.800 bits per heavy atom. The highest BCUT2D eigenvalue weighted by molar-refractivity contribution is 6.21. The number of hydrogen-bond donors (Lipinski definition) is 0. The number of benzene rings is 3. The van der Waals surface area contributed by atoms with Crippen LogP contribution < -0.4 is 0 Å². The predicted octanol–water partition coefficient (Wildman–Crippen LogP) is 3.74. The average molecular weight is 469 g/mol. The summed E-state index contributed by atoms with van der Waals surface area (Å²) in [7, 11) is 0. The first kappa shape index (κ1) is 21.0. The molecular formula is C26H17F2N5O2. The van der Waals surface area contributed by atoms with E-state index in [-0.39, 0.29) is 36.9 Å². The SMILES string of the molecule is O=C1c2ccccc2C(=O)N1CCc1nnc2n1-c1ccc(F)cc1C(c1ccccc1F)=NC2. The fourth-order valence-electron chi connectivity index (χ4n) is 4.56. The smallest absolute Gasteiger partial charge is 0.261 e. The van der Waals surface area contributed by atoms with E-state index in [1.54, 1.807) is 53.1 Å². The van der Waals surface area contributed by atoms with Crippen molar-refractivity contribution in [2.75, 3.05) is 6.54 Å². The molecule has 0 radical (unpaired) electrons. The van der Waals surface area contributed by atoms with Gasteiger partial charge in [0.05, 0.1) is 22.5 Å². The zero-order valence-electron chi connectivity index (χ0n) is 18.3. The van der Waals surface area contributed by atoms with Crippen LogP contribution in [0.4, 0.5) is 8.78 Å². The van der Waals surface area contributed by atoms with Crippen LogP contribution in [0.2, 0.25) is 0 Å². The summed E-state index contributed by atoms with van der Waals surface area (Å²) in [5.41, 5.74) is 2.27. The molecule has 0 unspecified atom stereocenters. The Hall–Kier alpha value is -4.53. The molecule has 0 saturated carbocycles. The van der Waals surface area contributed by atoms with Crippen molar-refractivity contribution in [2.24, 2.45) is 4.99 Å². The summed E-state index contributed by atoms with van der Waals surface area (Å²) >= 11 is 0.